The molecule has 1 aromatic rings. The van der Waals surface area contributed by atoms with Gasteiger partial charge in [0, 0.05) is 18.7 Å². The quantitative estimate of drug-likeness (QED) is 0.234. The average molecular weight is 447 g/mol. The molecule has 0 aromatic heterocycles. The van der Waals surface area contributed by atoms with E-state index in [0.29, 0.717) is 38.5 Å². The molecule has 0 radical (unpaired) electrons. The highest BCUT2D eigenvalue weighted by Gasteiger charge is 2.46. The number of hydrogen-bond donors (Lipinski definition) is 0. The highest BCUT2D eigenvalue weighted by Crippen LogP contribution is 2.39. The fraction of sp³-hybridized carbons (Fsp3) is 0.522. The van der Waals surface area contributed by atoms with Gasteiger partial charge in [0.2, 0.25) is 11.7 Å². The lowest BCUT2D eigenvalue weighted by atomic mass is 9.89. The fourth-order valence-corrected chi connectivity index (χ4v) is 4.36. The predicted octanol–water partition coefficient (Wildman–Crippen LogP) is 1.69. The molecule has 2 saturated heterocycles. The summed E-state index contributed by atoms with van der Waals surface area (Å²) in [5.74, 6) is -0.652. The number of likely N-dealkylation sites (tertiary alicyclic amines) is 1. The van der Waals surface area contributed by atoms with Crippen molar-refractivity contribution in [2.24, 2.45) is 0 Å². The van der Waals surface area contributed by atoms with E-state index in [0.717, 1.165) is 12.8 Å². The molecular weight excluding hydrogens is 416 g/mol. The molecule has 0 spiro atoms. The zero-order chi connectivity index (χ0) is 23.3. The van der Waals surface area contributed by atoms with Crippen LogP contribution < -0.4 is 14.2 Å². The number of methoxy groups -OCH3 is 3. The molecule has 2 bridgehead atoms. The van der Waals surface area contributed by atoms with E-state index >= 15 is 0 Å². The van der Waals surface area contributed by atoms with Crippen LogP contribution in [0.4, 0.5) is 0 Å². The number of nitrogens with zero attached hydrogens (tertiary/aromatic N) is 2. The van der Waals surface area contributed by atoms with Gasteiger partial charge in [-0.3, -0.25) is 14.4 Å². The predicted molar refractivity (Wildman–Crippen MR) is 116 cm³/mol. The number of benzene rings is 1. The molecule has 0 saturated carbocycles. The Morgan fingerprint density at radius 3 is 2.41 bits per heavy atom. The smallest absolute Gasteiger partial charge is 0.295 e. The van der Waals surface area contributed by atoms with E-state index in [4.69, 9.17) is 18.9 Å². The Kier molecular flexibility index (Phi) is 7.74. The van der Waals surface area contributed by atoms with E-state index in [1.165, 1.54) is 38.4 Å². The van der Waals surface area contributed by atoms with Gasteiger partial charge in [-0.2, -0.15) is 0 Å². The Morgan fingerprint density at radius 1 is 1.12 bits per heavy atom. The van der Waals surface area contributed by atoms with Gasteiger partial charge in [-0.15, -0.1) is 6.58 Å². The van der Waals surface area contributed by atoms with Crippen LogP contribution in [0.1, 0.15) is 29.6 Å². The maximum atomic E-state index is 13.3. The number of ketones is 1. The van der Waals surface area contributed by atoms with E-state index in [9.17, 15) is 14.4 Å². The van der Waals surface area contributed by atoms with Crippen LogP contribution >= 0.6 is 0 Å². The van der Waals surface area contributed by atoms with Gasteiger partial charge in [-0.25, -0.2) is 0 Å². The van der Waals surface area contributed by atoms with Crippen molar-refractivity contribution in [3.63, 3.8) is 0 Å². The first kappa shape index (κ1) is 23.6. The van der Waals surface area contributed by atoms with Gasteiger partial charge in [0.25, 0.3) is 11.7 Å². The number of fused-ring (bicyclic) bond motifs is 2. The summed E-state index contributed by atoms with van der Waals surface area (Å²) in [7, 11) is 4.34. The van der Waals surface area contributed by atoms with E-state index < -0.39 is 17.7 Å². The van der Waals surface area contributed by atoms with Crippen LogP contribution in [0, 0.1) is 0 Å². The summed E-state index contributed by atoms with van der Waals surface area (Å²) in [6.45, 7) is 5.26. The largest absolute Gasteiger partial charge is 0.493 e. The van der Waals surface area contributed by atoms with Crippen LogP contribution in [0.2, 0.25) is 0 Å². The third-order valence-corrected chi connectivity index (χ3v) is 5.87. The van der Waals surface area contributed by atoms with Crippen LogP contribution in [0.15, 0.2) is 24.8 Å². The van der Waals surface area contributed by atoms with Crippen molar-refractivity contribution < 1.29 is 33.3 Å². The summed E-state index contributed by atoms with van der Waals surface area (Å²) in [5.41, 5.74) is 0.121. The van der Waals surface area contributed by atoms with Crippen LogP contribution in [-0.4, -0.2) is 87.1 Å². The highest BCUT2D eigenvalue weighted by molar-refractivity contribution is 6.43. The summed E-state index contributed by atoms with van der Waals surface area (Å²) in [6, 6.07) is 2.06. The molecule has 32 heavy (non-hydrogen) atoms. The third kappa shape index (κ3) is 4.57. The Labute approximate surface area is 187 Å². The van der Waals surface area contributed by atoms with Gasteiger partial charge < -0.3 is 28.7 Å². The number of piperidine rings is 1. The number of carbonyl (C=O) groups is 3. The molecule has 2 aliphatic heterocycles. The minimum Gasteiger partial charge on any atom is -0.493 e. The first-order chi connectivity index (χ1) is 15.5. The number of rotatable bonds is 10. The summed E-state index contributed by atoms with van der Waals surface area (Å²) in [4.78, 5) is 42.7. The number of ether oxygens (including phenoxy) is 4. The van der Waals surface area contributed by atoms with Gasteiger partial charge in [0.1, 0.15) is 6.04 Å². The molecule has 1 aromatic carbocycles. The second kappa shape index (κ2) is 10.5. The molecule has 2 fully saturated rings. The summed E-state index contributed by atoms with van der Waals surface area (Å²) >= 11 is 0. The van der Waals surface area contributed by atoms with Gasteiger partial charge in [0.05, 0.1) is 40.6 Å². The molecule has 3 rings (SSSR count). The Hall–Kier alpha value is -3.07. The first-order valence-electron chi connectivity index (χ1n) is 10.6. The van der Waals surface area contributed by atoms with Gasteiger partial charge >= 0.3 is 0 Å². The lowest BCUT2D eigenvalue weighted by Crippen LogP contribution is -2.66. The maximum absolute atomic E-state index is 13.3. The molecule has 2 atom stereocenters. The van der Waals surface area contributed by atoms with Crippen molar-refractivity contribution in [3.8, 4) is 17.2 Å². The lowest BCUT2D eigenvalue weighted by Gasteiger charge is -2.48. The Morgan fingerprint density at radius 2 is 1.81 bits per heavy atom. The first-order valence-corrected chi connectivity index (χ1v) is 10.6. The monoisotopic (exact) mass is 446 g/mol. The summed E-state index contributed by atoms with van der Waals surface area (Å²) < 4.78 is 21.3. The Bertz CT molecular complexity index is 860. The molecule has 2 unspecified atom stereocenters. The molecule has 9 nitrogen and oxygen atoms in total. The zero-order valence-corrected chi connectivity index (χ0v) is 18.8. The summed E-state index contributed by atoms with van der Waals surface area (Å²) in [5, 5.41) is 0. The van der Waals surface area contributed by atoms with E-state index in [1.807, 2.05) is 0 Å². The molecule has 2 amide bonds. The number of piperazine rings is 1. The zero-order valence-electron chi connectivity index (χ0n) is 18.8. The molecule has 2 heterocycles. The number of amides is 2. The maximum Gasteiger partial charge on any atom is 0.295 e. The number of Topliss-reactive ketones (excluding diaryl/α,β-unsaturated/α-hetero) is 1. The fourth-order valence-electron chi connectivity index (χ4n) is 4.36. The van der Waals surface area contributed by atoms with E-state index in [1.54, 1.807) is 11.0 Å². The Balaban J connectivity index is 1.81. The minimum atomic E-state index is -0.711. The van der Waals surface area contributed by atoms with Gasteiger partial charge in [-0.05, 0) is 31.4 Å². The van der Waals surface area contributed by atoms with Crippen molar-refractivity contribution in [2.75, 3.05) is 47.6 Å². The van der Waals surface area contributed by atoms with Gasteiger partial charge in [-0.1, -0.05) is 6.08 Å². The topological polar surface area (TPSA) is 94.6 Å². The average Bonchev–Trinajstić information content (AvgIpc) is 2.82. The second-order valence-electron chi connectivity index (χ2n) is 7.70. The number of carbonyl (C=O) groups excluding carboxylic acids is 3. The molecule has 0 N–H and O–H groups in total. The molecule has 174 valence electrons. The van der Waals surface area contributed by atoms with Crippen molar-refractivity contribution in [1.29, 1.82) is 0 Å². The van der Waals surface area contributed by atoms with Crippen LogP contribution in [-0.2, 0) is 14.3 Å². The third-order valence-electron chi connectivity index (χ3n) is 5.87. The van der Waals surface area contributed by atoms with Crippen LogP contribution in [0.3, 0.4) is 0 Å². The molecule has 2 aliphatic rings. The summed E-state index contributed by atoms with van der Waals surface area (Å²) in [6.07, 6.45) is 3.77. The highest BCUT2D eigenvalue weighted by atomic mass is 16.5. The van der Waals surface area contributed by atoms with E-state index in [-0.39, 0.29) is 29.0 Å². The van der Waals surface area contributed by atoms with E-state index in [2.05, 4.69) is 6.58 Å². The second-order valence-corrected chi connectivity index (χ2v) is 7.70. The number of hydrogen-bond acceptors (Lipinski definition) is 7. The lowest BCUT2D eigenvalue weighted by molar-refractivity contribution is -0.157. The van der Waals surface area contributed by atoms with Gasteiger partial charge in [0.15, 0.2) is 11.5 Å². The normalized spacial score (nSPS) is 20.0. The van der Waals surface area contributed by atoms with Crippen molar-refractivity contribution in [3.05, 3.63) is 30.4 Å². The molecule has 9 heteroatoms. The van der Waals surface area contributed by atoms with Crippen LogP contribution in [0.5, 0.6) is 17.2 Å². The minimum absolute atomic E-state index is 0.121. The molecular formula is C23H30N2O7. The van der Waals surface area contributed by atoms with Crippen LogP contribution in [0.25, 0.3) is 0 Å². The SMILES string of the molecule is C=CCOCCN1CC2CCCC(C1=O)N2C(=O)C(=O)c1cc(OC)c(OC)c(OC)c1. The van der Waals surface area contributed by atoms with Crippen molar-refractivity contribution >= 4 is 17.6 Å². The van der Waals surface area contributed by atoms with Crippen molar-refractivity contribution in [1.82, 2.24) is 9.80 Å². The standard InChI is InChI=1S/C23H30N2O7/c1-5-10-32-11-9-24-14-16-7-6-8-17(22(24)27)25(16)23(28)20(26)15-12-18(29-2)21(31-4)19(13-15)30-3/h5,12-13,16-17H,1,6-11,14H2,2-4H3. The molecule has 0 aliphatic carbocycles. The van der Waals surface area contributed by atoms with Crippen molar-refractivity contribution in [2.45, 2.75) is 31.3 Å².